The van der Waals surface area contributed by atoms with E-state index >= 15 is 0 Å². The third-order valence-electron chi connectivity index (χ3n) is 3.26. The maximum absolute atomic E-state index is 11.9. The molecule has 7 heteroatoms. The van der Waals surface area contributed by atoms with Crippen LogP contribution in [-0.4, -0.2) is 28.0 Å². The number of hydroxylamine groups is 2. The van der Waals surface area contributed by atoms with Crippen LogP contribution in [0.3, 0.4) is 0 Å². The number of nitrogens with zero attached hydrogens (tertiary/aromatic N) is 2. The Balaban J connectivity index is 1.82. The van der Waals surface area contributed by atoms with E-state index in [1.807, 2.05) is 24.3 Å². The molecule has 1 aliphatic heterocycles. The van der Waals surface area contributed by atoms with E-state index in [1.165, 1.54) is 0 Å². The maximum Gasteiger partial charge on any atom is 0.436 e. The van der Waals surface area contributed by atoms with Gasteiger partial charge in [0.05, 0.1) is 11.2 Å². The molecule has 1 saturated heterocycles. The van der Waals surface area contributed by atoms with Crippen LogP contribution in [0.5, 0.6) is 0 Å². The third kappa shape index (κ3) is 2.60. The number of carbonyl (C=O) groups excluding carboxylic acids is 3. The highest BCUT2D eigenvalue weighted by molar-refractivity contribution is 6.03. The molecule has 112 valence electrons. The summed E-state index contributed by atoms with van der Waals surface area (Å²) >= 11 is 0. The monoisotopic (exact) mass is 299 g/mol. The first-order valence-electron chi connectivity index (χ1n) is 6.76. The van der Waals surface area contributed by atoms with Crippen molar-refractivity contribution in [1.29, 1.82) is 0 Å². The number of aryl methyl sites for hydroxylation is 1. The van der Waals surface area contributed by atoms with E-state index < -0.39 is 17.9 Å². The quantitative estimate of drug-likeness (QED) is 0.858. The Morgan fingerprint density at radius 1 is 1.23 bits per heavy atom. The number of aromatic nitrogens is 1. The van der Waals surface area contributed by atoms with E-state index in [9.17, 15) is 14.4 Å². The number of imide groups is 1. The maximum atomic E-state index is 11.9. The lowest BCUT2D eigenvalue weighted by Crippen LogP contribution is -2.34. The van der Waals surface area contributed by atoms with Crippen molar-refractivity contribution in [3.8, 4) is 0 Å². The molecule has 3 rings (SSSR count). The summed E-state index contributed by atoms with van der Waals surface area (Å²) in [6, 6.07) is 8.99. The van der Waals surface area contributed by atoms with Crippen LogP contribution in [0.15, 0.2) is 30.3 Å². The number of pyridine rings is 1. The van der Waals surface area contributed by atoms with Crippen molar-refractivity contribution in [3.63, 3.8) is 0 Å². The Labute approximate surface area is 125 Å². The van der Waals surface area contributed by atoms with Crippen LogP contribution in [0.1, 0.15) is 18.5 Å². The van der Waals surface area contributed by atoms with Gasteiger partial charge in [-0.25, -0.2) is 4.79 Å². The first kappa shape index (κ1) is 14.0. The summed E-state index contributed by atoms with van der Waals surface area (Å²) < 4.78 is 0. The molecule has 0 radical (unpaired) electrons. The predicted octanol–water partition coefficient (Wildman–Crippen LogP) is 2.16. The molecule has 22 heavy (non-hydrogen) atoms. The highest BCUT2D eigenvalue weighted by atomic mass is 16.7. The molecule has 1 aromatic carbocycles. The number of anilines is 1. The summed E-state index contributed by atoms with van der Waals surface area (Å²) in [6.07, 6.45) is -0.772. The second kappa shape index (κ2) is 5.44. The molecule has 1 aromatic heterocycles. The molecule has 0 unspecified atom stereocenters. The first-order chi connectivity index (χ1) is 10.5. The average Bonchev–Trinajstić information content (AvgIpc) is 2.79. The Hall–Kier alpha value is -2.96. The predicted molar refractivity (Wildman–Crippen MR) is 77.7 cm³/mol. The summed E-state index contributed by atoms with van der Waals surface area (Å²) in [5.41, 5.74) is 1.96. The van der Waals surface area contributed by atoms with Gasteiger partial charge in [0.25, 0.3) is 11.8 Å². The fraction of sp³-hybridized carbons (Fsp3) is 0.200. The summed E-state index contributed by atoms with van der Waals surface area (Å²) in [5, 5.41) is 3.79. The second-order valence-electron chi connectivity index (χ2n) is 4.91. The lowest BCUT2D eigenvalue weighted by molar-refractivity contribution is -0.170. The van der Waals surface area contributed by atoms with Gasteiger partial charge < -0.3 is 4.84 Å². The van der Waals surface area contributed by atoms with Gasteiger partial charge in [0.15, 0.2) is 0 Å². The Morgan fingerprint density at radius 2 is 1.91 bits per heavy atom. The number of para-hydroxylation sites is 1. The van der Waals surface area contributed by atoms with Gasteiger partial charge in [-0.2, -0.15) is 0 Å². The molecule has 1 aliphatic rings. The van der Waals surface area contributed by atoms with Crippen LogP contribution in [0.4, 0.5) is 10.5 Å². The number of hydrogen-bond donors (Lipinski definition) is 1. The zero-order valence-electron chi connectivity index (χ0n) is 11.8. The zero-order valence-corrected chi connectivity index (χ0v) is 11.8. The number of nitrogens with one attached hydrogen (secondary N) is 1. The van der Waals surface area contributed by atoms with Gasteiger partial charge in [0.1, 0.15) is 0 Å². The number of amides is 3. The molecule has 7 nitrogen and oxygen atoms in total. The Bertz CT molecular complexity index is 771. The summed E-state index contributed by atoms with van der Waals surface area (Å²) in [4.78, 5) is 43.9. The molecular formula is C15H13N3O4. The minimum absolute atomic E-state index is 0.0589. The number of carbonyl (C=O) groups is 3. The van der Waals surface area contributed by atoms with E-state index in [0.717, 1.165) is 16.6 Å². The summed E-state index contributed by atoms with van der Waals surface area (Å²) in [6.45, 7) is 1.80. The van der Waals surface area contributed by atoms with Gasteiger partial charge >= 0.3 is 6.09 Å². The van der Waals surface area contributed by atoms with Crippen LogP contribution in [0.25, 0.3) is 10.9 Å². The highest BCUT2D eigenvalue weighted by Crippen LogP contribution is 2.23. The lowest BCUT2D eigenvalue weighted by atomic mass is 10.1. The van der Waals surface area contributed by atoms with Crippen LogP contribution in [0.2, 0.25) is 0 Å². The Morgan fingerprint density at radius 3 is 2.64 bits per heavy atom. The summed E-state index contributed by atoms with van der Waals surface area (Å²) in [7, 11) is 0. The van der Waals surface area contributed by atoms with Crippen molar-refractivity contribution in [3.05, 3.63) is 36.0 Å². The Kier molecular flexibility index (Phi) is 3.46. The fourth-order valence-corrected chi connectivity index (χ4v) is 2.28. The van der Waals surface area contributed by atoms with E-state index in [4.69, 9.17) is 4.84 Å². The molecule has 2 aromatic rings. The topological polar surface area (TPSA) is 88.6 Å². The molecule has 2 heterocycles. The van der Waals surface area contributed by atoms with Crippen molar-refractivity contribution in [2.75, 3.05) is 5.32 Å². The van der Waals surface area contributed by atoms with Gasteiger partial charge in [-0.15, -0.1) is 5.06 Å². The third-order valence-corrected chi connectivity index (χ3v) is 3.26. The molecule has 1 N–H and O–H groups in total. The van der Waals surface area contributed by atoms with E-state index in [0.29, 0.717) is 10.8 Å². The van der Waals surface area contributed by atoms with Gasteiger partial charge in [-0.3, -0.25) is 19.9 Å². The van der Waals surface area contributed by atoms with Crippen molar-refractivity contribution < 1.29 is 19.2 Å². The zero-order chi connectivity index (χ0) is 15.7. The van der Waals surface area contributed by atoms with Crippen LogP contribution in [0, 0.1) is 6.92 Å². The van der Waals surface area contributed by atoms with Crippen LogP contribution >= 0.6 is 0 Å². The van der Waals surface area contributed by atoms with Crippen LogP contribution in [-0.2, 0) is 14.4 Å². The van der Waals surface area contributed by atoms with Gasteiger partial charge in [-0.1, -0.05) is 18.2 Å². The molecule has 0 spiro atoms. The standard InChI is InChI=1S/C15H13N3O4/c1-9-8-12(10-4-2-3-5-11(10)16-9)17-15(21)22-18-13(19)6-7-14(18)20/h2-5,8H,6-7H2,1H3,(H,16,17,21). The largest absolute Gasteiger partial charge is 0.436 e. The normalized spacial score (nSPS) is 14.5. The van der Waals surface area contributed by atoms with E-state index in [1.54, 1.807) is 13.0 Å². The minimum atomic E-state index is -0.889. The van der Waals surface area contributed by atoms with Crippen LogP contribution < -0.4 is 5.32 Å². The fourth-order valence-electron chi connectivity index (χ4n) is 2.28. The average molecular weight is 299 g/mol. The minimum Gasteiger partial charge on any atom is -0.311 e. The first-order valence-corrected chi connectivity index (χ1v) is 6.76. The molecule has 0 bridgehead atoms. The number of hydrogen-bond acceptors (Lipinski definition) is 5. The number of rotatable bonds is 2. The molecule has 0 saturated carbocycles. The van der Waals surface area contributed by atoms with Crippen molar-refractivity contribution in [1.82, 2.24) is 10.0 Å². The molecule has 1 fully saturated rings. The van der Waals surface area contributed by atoms with Crippen molar-refractivity contribution in [2.45, 2.75) is 19.8 Å². The number of benzene rings is 1. The molecule has 0 aliphatic carbocycles. The second-order valence-corrected chi connectivity index (χ2v) is 4.91. The summed E-state index contributed by atoms with van der Waals surface area (Å²) in [5.74, 6) is -1.04. The van der Waals surface area contributed by atoms with Gasteiger partial charge in [-0.05, 0) is 19.1 Å². The highest BCUT2D eigenvalue weighted by Gasteiger charge is 2.33. The lowest BCUT2D eigenvalue weighted by Gasteiger charge is -2.14. The smallest absolute Gasteiger partial charge is 0.311 e. The van der Waals surface area contributed by atoms with Gasteiger partial charge in [0, 0.05) is 23.9 Å². The van der Waals surface area contributed by atoms with Crippen molar-refractivity contribution in [2.24, 2.45) is 0 Å². The SMILES string of the molecule is Cc1cc(NC(=O)ON2C(=O)CCC2=O)c2ccccc2n1. The van der Waals surface area contributed by atoms with E-state index in [2.05, 4.69) is 10.3 Å². The molecular weight excluding hydrogens is 286 g/mol. The van der Waals surface area contributed by atoms with Crippen molar-refractivity contribution >= 4 is 34.5 Å². The molecule has 3 amide bonds. The van der Waals surface area contributed by atoms with E-state index in [-0.39, 0.29) is 12.8 Å². The number of fused-ring (bicyclic) bond motifs is 1. The van der Waals surface area contributed by atoms with Gasteiger partial charge in [0.2, 0.25) is 0 Å². The molecule has 0 atom stereocenters.